The van der Waals surface area contributed by atoms with Crippen molar-refractivity contribution in [3.63, 3.8) is 0 Å². The SMILES string of the molecule is [2H]c1c([2H])c(N(c2ccc(-c3ccc4ccccc4c3-c3ccccc3)cc2)c2ccc(-c3cc4ccccc4c4ccccc34)cc2)c(-c2ccccc2)c([2H])c1-c1ccccc1. The molecule has 0 aromatic heterocycles. The Labute approximate surface area is 361 Å². The minimum atomic E-state index is 0.00965. The summed E-state index contributed by atoms with van der Waals surface area (Å²) in [4.78, 5) is 2.07. The minimum absolute atomic E-state index is 0.00965. The lowest BCUT2D eigenvalue weighted by molar-refractivity contribution is 1.28. The van der Waals surface area contributed by atoms with Crippen molar-refractivity contribution in [1.82, 2.24) is 0 Å². The molecule has 0 aliphatic heterocycles. The van der Waals surface area contributed by atoms with Crippen LogP contribution in [0.5, 0.6) is 0 Å². The highest BCUT2D eigenvalue weighted by Gasteiger charge is 2.20. The van der Waals surface area contributed by atoms with Gasteiger partial charge in [-0.1, -0.05) is 206 Å². The maximum atomic E-state index is 9.91. The second-order valence-electron chi connectivity index (χ2n) is 15.4. The summed E-state index contributed by atoms with van der Waals surface area (Å²) in [6.07, 6.45) is 0. The topological polar surface area (TPSA) is 3.24 Å². The zero-order chi connectivity index (χ0) is 43.1. The van der Waals surface area contributed by atoms with Gasteiger partial charge in [0.05, 0.1) is 9.80 Å². The summed E-state index contributed by atoms with van der Waals surface area (Å²) in [5, 5.41) is 7.16. The molecule has 0 fully saturated rings. The van der Waals surface area contributed by atoms with Crippen molar-refractivity contribution >= 4 is 49.4 Å². The molecular formula is C60H41N. The molecule has 61 heavy (non-hydrogen) atoms. The highest BCUT2D eigenvalue weighted by atomic mass is 15.1. The molecule has 0 bridgehead atoms. The van der Waals surface area contributed by atoms with Gasteiger partial charge in [-0.3, -0.25) is 0 Å². The zero-order valence-electron chi connectivity index (χ0n) is 36.4. The molecule has 11 aromatic carbocycles. The first-order valence-corrected chi connectivity index (χ1v) is 20.8. The van der Waals surface area contributed by atoms with E-state index in [0.717, 1.165) is 50.3 Å². The second-order valence-corrected chi connectivity index (χ2v) is 15.4. The largest absolute Gasteiger partial charge is 0.310 e. The Bertz CT molecular complexity index is 3500. The van der Waals surface area contributed by atoms with Crippen LogP contribution < -0.4 is 4.90 Å². The van der Waals surface area contributed by atoms with Gasteiger partial charge in [-0.05, 0) is 125 Å². The fourth-order valence-electron chi connectivity index (χ4n) is 8.84. The molecule has 286 valence electrons. The fourth-order valence-corrected chi connectivity index (χ4v) is 8.84. The minimum Gasteiger partial charge on any atom is -0.310 e. The summed E-state index contributed by atoms with van der Waals surface area (Å²) in [6, 6.07) is 79.7. The first-order chi connectivity index (χ1) is 31.5. The van der Waals surface area contributed by atoms with Gasteiger partial charge in [0.1, 0.15) is 0 Å². The summed E-state index contributed by atoms with van der Waals surface area (Å²) in [5.41, 5.74) is 11.4. The van der Waals surface area contributed by atoms with Crippen molar-refractivity contribution in [2.24, 2.45) is 0 Å². The number of nitrogens with zero attached hydrogens (tertiary/aromatic N) is 1. The number of rotatable bonds is 8. The summed E-state index contributed by atoms with van der Waals surface area (Å²) in [5.74, 6) is 0. The van der Waals surface area contributed by atoms with Gasteiger partial charge < -0.3 is 4.90 Å². The molecule has 0 N–H and O–H groups in total. The van der Waals surface area contributed by atoms with E-state index in [4.69, 9.17) is 0 Å². The molecule has 0 radical (unpaired) electrons. The van der Waals surface area contributed by atoms with Crippen molar-refractivity contribution in [3.05, 3.63) is 249 Å². The normalized spacial score (nSPS) is 12.0. The Morgan fingerprint density at radius 2 is 0.787 bits per heavy atom. The molecule has 0 amide bonds. The Hall–Kier alpha value is -8.00. The maximum Gasteiger partial charge on any atom is 0.0645 e. The Morgan fingerprint density at radius 3 is 1.44 bits per heavy atom. The predicted octanol–water partition coefficient (Wildman–Crippen LogP) is 17.0. The second kappa shape index (κ2) is 15.6. The lowest BCUT2D eigenvalue weighted by Crippen LogP contribution is -2.11. The third-order valence-electron chi connectivity index (χ3n) is 11.8. The van der Waals surface area contributed by atoms with E-state index in [0.29, 0.717) is 16.8 Å². The molecule has 0 unspecified atom stereocenters. The molecule has 0 aliphatic carbocycles. The predicted molar refractivity (Wildman–Crippen MR) is 261 cm³/mol. The molecule has 0 heterocycles. The average molecular weight is 779 g/mol. The van der Waals surface area contributed by atoms with Crippen LogP contribution in [0.3, 0.4) is 0 Å². The van der Waals surface area contributed by atoms with Crippen LogP contribution in [0, 0.1) is 0 Å². The molecule has 0 saturated carbocycles. The van der Waals surface area contributed by atoms with E-state index in [9.17, 15) is 4.11 Å². The number of anilines is 3. The van der Waals surface area contributed by atoms with Gasteiger partial charge >= 0.3 is 0 Å². The smallest absolute Gasteiger partial charge is 0.0645 e. The van der Waals surface area contributed by atoms with Crippen LogP contribution in [0.2, 0.25) is 0 Å². The van der Waals surface area contributed by atoms with E-state index < -0.39 is 0 Å². The summed E-state index contributed by atoms with van der Waals surface area (Å²) < 4.78 is 29.4. The van der Waals surface area contributed by atoms with Gasteiger partial charge in [-0.2, -0.15) is 0 Å². The molecule has 0 saturated heterocycles. The Morgan fingerprint density at radius 1 is 0.295 bits per heavy atom. The van der Waals surface area contributed by atoms with E-state index in [1.165, 1.54) is 37.9 Å². The van der Waals surface area contributed by atoms with Crippen LogP contribution >= 0.6 is 0 Å². The van der Waals surface area contributed by atoms with Gasteiger partial charge in [0.25, 0.3) is 0 Å². The van der Waals surface area contributed by atoms with E-state index in [1.807, 2.05) is 60.7 Å². The van der Waals surface area contributed by atoms with Gasteiger partial charge in [0.2, 0.25) is 0 Å². The van der Waals surface area contributed by atoms with Crippen LogP contribution in [0.1, 0.15) is 4.11 Å². The third kappa shape index (κ3) is 6.73. The van der Waals surface area contributed by atoms with Crippen LogP contribution in [0.15, 0.2) is 249 Å². The number of benzene rings is 11. The molecule has 11 rings (SSSR count). The quantitative estimate of drug-likeness (QED) is 0.139. The van der Waals surface area contributed by atoms with Gasteiger partial charge in [0, 0.05) is 16.9 Å². The molecule has 1 heteroatoms. The summed E-state index contributed by atoms with van der Waals surface area (Å²) in [7, 11) is 0. The zero-order valence-corrected chi connectivity index (χ0v) is 33.4. The van der Waals surface area contributed by atoms with Crippen molar-refractivity contribution in [2.45, 2.75) is 0 Å². The van der Waals surface area contributed by atoms with Crippen LogP contribution in [-0.4, -0.2) is 0 Å². The average Bonchev–Trinajstić information content (AvgIpc) is 3.36. The monoisotopic (exact) mass is 778 g/mol. The van der Waals surface area contributed by atoms with Crippen LogP contribution in [-0.2, 0) is 0 Å². The first kappa shape index (κ1) is 32.9. The molecule has 1 nitrogen and oxygen atoms in total. The molecular weight excluding hydrogens is 735 g/mol. The number of hydrogen-bond acceptors (Lipinski definition) is 1. The number of fused-ring (bicyclic) bond motifs is 4. The lowest BCUT2D eigenvalue weighted by atomic mass is 9.89. The van der Waals surface area contributed by atoms with Crippen molar-refractivity contribution in [3.8, 4) is 55.6 Å². The highest BCUT2D eigenvalue weighted by Crippen LogP contribution is 2.45. The summed E-state index contributed by atoms with van der Waals surface area (Å²) in [6.45, 7) is 0. The van der Waals surface area contributed by atoms with E-state index in [1.54, 1.807) is 0 Å². The van der Waals surface area contributed by atoms with Crippen LogP contribution in [0.25, 0.3) is 88.0 Å². The molecule has 0 aliphatic rings. The van der Waals surface area contributed by atoms with Gasteiger partial charge in [-0.25, -0.2) is 0 Å². The standard InChI is InChI=1S/C60H41N/c1-4-16-42(17-5-1)48-33-39-59(58(40-48)43-18-6-2-7-19-43)61(51-36-30-46(31-37-51)57-41-49-23-11-12-24-52(49)55-26-14-15-27-56(55)57)50-34-28-45(29-35-50)54-38-32-44-20-10-13-25-53(44)60(54)47-21-8-3-9-22-47/h1-41H/i33D,39D,40D. The highest BCUT2D eigenvalue weighted by molar-refractivity contribution is 6.14. The number of hydrogen-bond donors (Lipinski definition) is 0. The maximum absolute atomic E-state index is 9.91. The van der Waals surface area contributed by atoms with Crippen molar-refractivity contribution in [1.29, 1.82) is 0 Å². The molecule has 0 spiro atoms. The fraction of sp³-hybridized carbons (Fsp3) is 0. The Kier molecular flexibility index (Phi) is 8.43. The van der Waals surface area contributed by atoms with Crippen molar-refractivity contribution < 1.29 is 4.11 Å². The van der Waals surface area contributed by atoms with Gasteiger partial charge in [0.15, 0.2) is 0 Å². The lowest BCUT2D eigenvalue weighted by Gasteiger charge is -2.29. The van der Waals surface area contributed by atoms with Crippen LogP contribution in [0.4, 0.5) is 17.1 Å². The van der Waals surface area contributed by atoms with E-state index in [2.05, 4.69) is 175 Å². The van der Waals surface area contributed by atoms with Crippen molar-refractivity contribution in [2.75, 3.05) is 4.90 Å². The Balaban J connectivity index is 1.13. The molecule has 11 aromatic rings. The summed E-state index contributed by atoms with van der Waals surface area (Å²) >= 11 is 0. The molecule has 0 atom stereocenters. The van der Waals surface area contributed by atoms with E-state index in [-0.39, 0.29) is 18.1 Å². The van der Waals surface area contributed by atoms with Gasteiger partial charge in [-0.15, -0.1) is 0 Å². The first-order valence-electron chi connectivity index (χ1n) is 22.3. The third-order valence-corrected chi connectivity index (χ3v) is 11.8. The van der Waals surface area contributed by atoms with E-state index >= 15 is 0 Å².